The van der Waals surface area contributed by atoms with Gasteiger partial charge in [0.2, 0.25) is 0 Å². The van der Waals surface area contributed by atoms with Gasteiger partial charge in [0.05, 0.1) is 5.56 Å². The Labute approximate surface area is 154 Å². The maximum absolute atomic E-state index is 13.9. The number of hydrogen-bond donors (Lipinski definition) is 0. The van der Waals surface area contributed by atoms with Gasteiger partial charge in [-0.2, -0.15) is 5.26 Å². The first-order chi connectivity index (χ1) is 12.0. The largest absolute Gasteiger partial charge is 0.482 e. The molecule has 2 aromatic rings. The Morgan fingerprint density at radius 1 is 1.36 bits per heavy atom. The van der Waals surface area contributed by atoms with Crippen molar-refractivity contribution in [2.45, 2.75) is 6.54 Å². The van der Waals surface area contributed by atoms with E-state index in [0.29, 0.717) is 16.9 Å². The van der Waals surface area contributed by atoms with Crippen molar-refractivity contribution in [2.75, 3.05) is 13.2 Å². The van der Waals surface area contributed by atoms with Crippen LogP contribution in [0.15, 0.2) is 59.6 Å². The van der Waals surface area contributed by atoms with Gasteiger partial charge in [0.25, 0.3) is 5.91 Å². The number of carbonyl (C=O) groups is 1. The molecule has 0 unspecified atom stereocenters. The van der Waals surface area contributed by atoms with Crippen LogP contribution in [0.2, 0.25) is 0 Å². The first-order valence-corrected chi connectivity index (χ1v) is 8.29. The van der Waals surface area contributed by atoms with Gasteiger partial charge in [0, 0.05) is 23.1 Å². The topological polar surface area (TPSA) is 53.3 Å². The van der Waals surface area contributed by atoms with E-state index in [-0.39, 0.29) is 31.4 Å². The molecule has 25 heavy (non-hydrogen) atoms. The molecule has 0 aromatic heterocycles. The molecule has 0 saturated heterocycles. The Kier molecular flexibility index (Phi) is 6.72. The number of para-hydroxylation sites is 1. The van der Waals surface area contributed by atoms with E-state index in [1.807, 2.05) is 6.07 Å². The van der Waals surface area contributed by atoms with Crippen LogP contribution in [0.4, 0.5) is 4.39 Å². The SMILES string of the molecule is C=CCN(Cc1cc(Br)ccc1F)C(=O)COc1ccccc1C#N. The summed E-state index contributed by atoms with van der Waals surface area (Å²) in [6, 6.07) is 13.2. The van der Waals surface area contributed by atoms with Crippen molar-refractivity contribution < 1.29 is 13.9 Å². The molecule has 0 spiro atoms. The number of amides is 1. The summed E-state index contributed by atoms with van der Waals surface area (Å²) in [5, 5.41) is 9.04. The molecule has 4 nitrogen and oxygen atoms in total. The van der Waals surface area contributed by atoms with Crippen molar-refractivity contribution in [1.29, 1.82) is 5.26 Å². The van der Waals surface area contributed by atoms with E-state index in [1.165, 1.54) is 11.0 Å². The van der Waals surface area contributed by atoms with Gasteiger partial charge in [-0.3, -0.25) is 4.79 Å². The van der Waals surface area contributed by atoms with E-state index in [9.17, 15) is 9.18 Å². The molecule has 0 aliphatic carbocycles. The highest BCUT2D eigenvalue weighted by atomic mass is 79.9. The predicted molar refractivity (Wildman–Crippen MR) is 96.4 cm³/mol. The lowest BCUT2D eigenvalue weighted by molar-refractivity contribution is -0.133. The van der Waals surface area contributed by atoms with Gasteiger partial charge in [0.15, 0.2) is 6.61 Å². The number of rotatable bonds is 7. The van der Waals surface area contributed by atoms with Crippen molar-refractivity contribution in [3.8, 4) is 11.8 Å². The second-order valence-corrected chi connectivity index (χ2v) is 6.11. The summed E-state index contributed by atoms with van der Waals surface area (Å²) >= 11 is 3.29. The summed E-state index contributed by atoms with van der Waals surface area (Å²) in [5.41, 5.74) is 0.741. The predicted octanol–water partition coefficient (Wildman–Crippen LogP) is 4.05. The number of nitrogens with zero attached hydrogens (tertiary/aromatic N) is 2. The third-order valence-corrected chi connectivity index (χ3v) is 3.92. The molecule has 0 aliphatic heterocycles. The molecule has 0 aliphatic rings. The Morgan fingerprint density at radius 3 is 2.84 bits per heavy atom. The zero-order valence-corrected chi connectivity index (χ0v) is 15.0. The first kappa shape index (κ1) is 18.7. The van der Waals surface area contributed by atoms with Crippen LogP contribution in [0.25, 0.3) is 0 Å². The van der Waals surface area contributed by atoms with Gasteiger partial charge < -0.3 is 9.64 Å². The van der Waals surface area contributed by atoms with Crippen LogP contribution in [0, 0.1) is 17.1 Å². The van der Waals surface area contributed by atoms with Gasteiger partial charge in [-0.25, -0.2) is 4.39 Å². The standard InChI is InChI=1S/C19H16BrFN2O2/c1-2-9-23(12-15-10-16(20)7-8-17(15)21)19(24)13-25-18-6-4-3-5-14(18)11-22/h2-8,10H,1,9,12-13H2. The van der Waals surface area contributed by atoms with Gasteiger partial charge in [0.1, 0.15) is 17.6 Å². The Morgan fingerprint density at radius 2 is 2.12 bits per heavy atom. The Bertz CT molecular complexity index is 817. The average molecular weight is 403 g/mol. The third-order valence-electron chi connectivity index (χ3n) is 3.43. The molecule has 0 atom stereocenters. The maximum Gasteiger partial charge on any atom is 0.261 e. The molecule has 1 amide bonds. The third kappa shape index (κ3) is 5.16. The van der Waals surface area contributed by atoms with E-state index >= 15 is 0 Å². The van der Waals surface area contributed by atoms with Crippen LogP contribution >= 0.6 is 15.9 Å². The summed E-state index contributed by atoms with van der Waals surface area (Å²) in [4.78, 5) is 13.9. The number of ether oxygens (including phenoxy) is 1. The van der Waals surface area contributed by atoms with Gasteiger partial charge in [-0.15, -0.1) is 6.58 Å². The fourth-order valence-corrected chi connectivity index (χ4v) is 2.60. The van der Waals surface area contributed by atoms with Crippen LogP contribution in [-0.2, 0) is 11.3 Å². The van der Waals surface area contributed by atoms with Crippen LogP contribution in [0.3, 0.4) is 0 Å². The number of nitriles is 1. The lowest BCUT2D eigenvalue weighted by atomic mass is 10.2. The van der Waals surface area contributed by atoms with Crippen LogP contribution in [0.1, 0.15) is 11.1 Å². The maximum atomic E-state index is 13.9. The van der Waals surface area contributed by atoms with Gasteiger partial charge in [-0.05, 0) is 30.3 Å². The van der Waals surface area contributed by atoms with E-state index in [1.54, 1.807) is 42.5 Å². The molecule has 2 aromatic carbocycles. The zero-order valence-electron chi connectivity index (χ0n) is 13.4. The molecule has 2 rings (SSSR count). The van der Waals surface area contributed by atoms with Crippen molar-refractivity contribution in [3.05, 3.63) is 76.5 Å². The zero-order chi connectivity index (χ0) is 18.2. The minimum Gasteiger partial charge on any atom is -0.482 e. The number of halogens is 2. The fraction of sp³-hybridized carbons (Fsp3) is 0.158. The van der Waals surface area contributed by atoms with Crippen LogP contribution < -0.4 is 4.74 Å². The lowest BCUT2D eigenvalue weighted by Crippen LogP contribution is -2.35. The minimum atomic E-state index is -0.388. The number of hydrogen-bond acceptors (Lipinski definition) is 3. The van der Waals surface area contributed by atoms with Crippen molar-refractivity contribution in [3.63, 3.8) is 0 Å². The highest BCUT2D eigenvalue weighted by Crippen LogP contribution is 2.19. The monoisotopic (exact) mass is 402 g/mol. The molecular weight excluding hydrogens is 387 g/mol. The van der Waals surface area contributed by atoms with E-state index in [4.69, 9.17) is 10.00 Å². The molecule has 0 radical (unpaired) electrons. The summed E-state index contributed by atoms with van der Waals surface area (Å²) in [5.74, 6) is -0.377. The lowest BCUT2D eigenvalue weighted by Gasteiger charge is -2.22. The summed E-state index contributed by atoms with van der Waals surface area (Å²) in [6.45, 7) is 3.74. The average Bonchev–Trinajstić information content (AvgIpc) is 2.62. The van der Waals surface area contributed by atoms with Crippen LogP contribution in [0.5, 0.6) is 5.75 Å². The summed E-state index contributed by atoms with van der Waals surface area (Å²) in [6.07, 6.45) is 1.57. The van der Waals surface area contributed by atoms with Crippen molar-refractivity contribution in [2.24, 2.45) is 0 Å². The molecule has 0 bridgehead atoms. The van der Waals surface area contributed by atoms with Crippen LogP contribution in [-0.4, -0.2) is 24.0 Å². The van der Waals surface area contributed by atoms with Crippen molar-refractivity contribution in [1.82, 2.24) is 4.90 Å². The van der Waals surface area contributed by atoms with Crippen molar-refractivity contribution >= 4 is 21.8 Å². The molecule has 0 N–H and O–H groups in total. The fourth-order valence-electron chi connectivity index (χ4n) is 2.20. The van der Waals surface area contributed by atoms with Gasteiger partial charge in [-0.1, -0.05) is 34.1 Å². The molecule has 0 heterocycles. The quantitative estimate of drug-likeness (QED) is 0.656. The molecule has 0 fully saturated rings. The summed E-state index contributed by atoms with van der Waals surface area (Å²) < 4.78 is 20.1. The molecule has 6 heteroatoms. The number of carbonyl (C=O) groups excluding carboxylic acids is 1. The normalized spacial score (nSPS) is 9.96. The van der Waals surface area contributed by atoms with E-state index < -0.39 is 0 Å². The highest BCUT2D eigenvalue weighted by Gasteiger charge is 2.16. The second kappa shape index (κ2) is 9.00. The van der Waals surface area contributed by atoms with E-state index in [2.05, 4.69) is 22.5 Å². The molecule has 0 saturated carbocycles. The van der Waals surface area contributed by atoms with E-state index in [0.717, 1.165) is 4.47 Å². The Hall–Kier alpha value is -2.65. The smallest absolute Gasteiger partial charge is 0.261 e. The number of benzene rings is 2. The summed E-state index contributed by atoms with van der Waals surface area (Å²) in [7, 11) is 0. The molecule has 128 valence electrons. The highest BCUT2D eigenvalue weighted by molar-refractivity contribution is 9.10. The second-order valence-electron chi connectivity index (χ2n) is 5.20. The Balaban J connectivity index is 2.08. The molecular formula is C19H16BrFN2O2. The first-order valence-electron chi connectivity index (χ1n) is 7.49. The minimum absolute atomic E-state index is 0.0966. The van der Waals surface area contributed by atoms with Gasteiger partial charge >= 0.3 is 0 Å².